The maximum Gasteiger partial charge on any atom is 0.342 e. The number of thiophene rings is 1. The summed E-state index contributed by atoms with van der Waals surface area (Å²) in [7, 11) is 0. The lowest BCUT2D eigenvalue weighted by molar-refractivity contribution is 0.103. The van der Waals surface area contributed by atoms with Gasteiger partial charge in [0.2, 0.25) is 0 Å². The Morgan fingerprint density at radius 3 is 2.49 bits per heavy atom. The number of hydrogen-bond donors (Lipinski definition) is 3. The van der Waals surface area contributed by atoms with Gasteiger partial charge in [-0.2, -0.15) is 9.78 Å². The second-order valence-electron chi connectivity index (χ2n) is 9.83. The molecule has 1 fully saturated rings. The Morgan fingerprint density at radius 1 is 0.949 bits per heavy atom. The summed E-state index contributed by atoms with van der Waals surface area (Å²) in [5, 5.41) is 22.4. The van der Waals surface area contributed by atoms with Gasteiger partial charge in [0.05, 0.1) is 16.3 Å². The van der Waals surface area contributed by atoms with Crippen LogP contribution in [0.3, 0.4) is 0 Å². The third-order valence-electron chi connectivity index (χ3n) is 7.17. The summed E-state index contributed by atoms with van der Waals surface area (Å²) >= 11 is 1.43. The molecule has 0 saturated heterocycles. The summed E-state index contributed by atoms with van der Waals surface area (Å²) in [6, 6.07) is 26.1. The predicted molar refractivity (Wildman–Crippen MR) is 154 cm³/mol. The highest BCUT2D eigenvalue weighted by Crippen LogP contribution is 2.38. The van der Waals surface area contributed by atoms with Crippen LogP contribution in [0.1, 0.15) is 52.5 Å². The summed E-state index contributed by atoms with van der Waals surface area (Å²) < 4.78 is 2.49. The Morgan fingerprint density at radius 2 is 1.72 bits per heavy atom. The number of benzene rings is 3. The lowest BCUT2D eigenvalue weighted by atomic mass is 10.0. The molecule has 0 radical (unpaired) electrons. The van der Waals surface area contributed by atoms with Crippen LogP contribution in [-0.2, 0) is 6.54 Å². The van der Waals surface area contributed by atoms with Crippen LogP contribution in [0, 0.1) is 0 Å². The van der Waals surface area contributed by atoms with Crippen molar-refractivity contribution in [2.45, 2.75) is 38.1 Å². The number of anilines is 1. The van der Waals surface area contributed by atoms with Crippen LogP contribution in [0.25, 0.3) is 21.3 Å². The molecule has 39 heavy (non-hydrogen) atoms. The summed E-state index contributed by atoms with van der Waals surface area (Å²) in [6.07, 6.45) is 4.25. The van der Waals surface area contributed by atoms with E-state index in [9.17, 15) is 14.7 Å². The molecule has 196 valence electrons. The van der Waals surface area contributed by atoms with Crippen LogP contribution >= 0.6 is 11.3 Å². The quantitative estimate of drug-likeness (QED) is 0.215. The normalized spacial score (nSPS) is 13.5. The summed E-state index contributed by atoms with van der Waals surface area (Å²) in [6.45, 7) is 0.401. The first-order chi connectivity index (χ1) is 19.0. The number of aromatic hydroxyl groups is 1. The number of carbonyl (C=O) groups is 2. The van der Waals surface area contributed by atoms with Crippen molar-refractivity contribution < 1.29 is 14.7 Å². The number of hydrogen-bond acceptors (Lipinski definition) is 5. The molecule has 2 heterocycles. The largest absolute Gasteiger partial charge is 0.507 e. The van der Waals surface area contributed by atoms with Gasteiger partial charge in [-0.15, -0.1) is 11.3 Å². The van der Waals surface area contributed by atoms with E-state index in [2.05, 4.69) is 15.7 Å². The zero-order chi connectivity index (χ0) is 26.8. The van der Waals surface area contributed by atoms with Crippen LogP contribution in [0.4, 0.5) is 10.5 Å². The highest BCUT2D eigenvalue weighted by molar-refractivity contribution is 7.20. The third-order valence-corrected chi connectivity index (χ3v) is 8.29. The van der Waals surface area contributed by atoms with E-state index in [0.717, 1.165) is 47.0 Å². The maximum absolute atomic E-state index is 13.2. The van der Waals surface area contributed by atoms with Crippen molar-refractivity contribution in [1.82, 2.24) is 15.1 Å². The van der Waals surface area contributed by atoms with Crippen LogP contribution in [-0.4, -0.2) is 26.8 Å². The van der Waals surface area contributed by atoms with Crippen LogP contribution in [0.2, 0.25) is 0 Å². The van der Waals surface area contributed by atoms with E-state index in [0.29, 0.717) is 28.4 Å². The van der Waals surface area contributed by atoms with Gasteiger partial charge >= 0.3 is 6.03 Å². The van der Waals surface area contributed by atoms with Gasteiger partial charge < -0.3 is 15.7 Å². The number of amides is 2. The van der Waals surface area contributed by atoms with Gasteiger partial charge in [-0.3, -0.25) is 4.79 Å². The molecule has 8 heteroatoms. The van der Waals surface area contributed by atoms with E-state index in [4.69, 9.17) is 0 Å². The zero-order valence-electron chi connectivity index (χ0n) is 21.3. The highest BCUT2D eigenvalue weighted by atomic mass is 32.1. The number of fused-ring (bicyclic) bond motifs is 1. The molecule has 1 aliphatic rings. The molecule has 7 nitrogen and oxygen atoms in total. The minimum absolute atomic E-state index is 0.0172. The van der Waals surface area contributed by atoms with Crippen LogP contribution in [0.15, 0.2) is 84.9 Å². The smallest absolute Gasteiger partial charge is 0.342 e. The topological polar surface area (TPSA) is 96.3 Å². The Labute approximate surface area is 230 Å². The summed E-state index contributed by atoms with van der Waals surface area (Å²) in [4.78, 5) is 26.6. The van der Waals surface area contributed by atoms with Crippen molar-refractivity contribution in [3.05, 3.63) is 101 Å². The number of carbonyl (C=O) groups excluding carboxylic acids is 2. The number of phenolic OH excluding ortho intramolecular Hbond substituents is 1. The van der Waals surface area contributed by atoms with Crippen molar-refractivity contribution in [3.63, 3.8) is 0 Å². The van der Waals surface area contributed by atoms with Crippen molar-refractivity contribution in [2.75, 3.05) is 5.32 Å². The minimum atomic E-state index is -0.293. The number of rotatable bonds is 6. The monoisotopic (exact) mass is 536 g/mol. The van der Waals surface area contributed by atoms with Gasteiger partial charge in [0.1, 0.15) is 5.75 Å². The van der Waals surface area contributed by atoms with E-state index in [1.165, 1.54) is 22.1 Å². The second kappa shape index (κ2) is 10.7. The number of phenols is 1. The molecule has 1 saturated carbocycles. The Kier molecular flexibility index (Phi) is 6.85. The number of aromatic nitrogens is 2. The molecule has 0 aliphatic heterocycles. The van der Waals surface area contributed by atoms with Crippen LogP contribution in [0.5, 0.6) is 5.75 Å². The molecule has 2 aromatic heterocycles. The molecule has 1 aliphatic carbocycles. The highest BCUT2D eigenvalue weighted by Gasteiger charge is 2.26. The van der Waals surface area contributed by atoms with Gasteiger partial charge in [0.25, 0.3) is 5.91 Å². The second-order valence-corrected chi connectivity index (χ2v) is 10.9. The molecule has 6 rings (SSSR count). The van der Waals surface area contributed by atoms with Gasteiger partial charge in [0, 0.05) is 34.5 Å². The first-order valence-electron chi connectivity index (χ1n) is 13.1. The molecule has 3 aromatic carbocycles. The molecular formula is C31H28N4O3S. The van der Waals surface area contributed by atoms with Gasteiger partial charge in [-0.05, 0) is 54.1 Å². The Bertz CT molecular complexity index is 1620. The molecule has 0 atom stereocenters. The van der Waals surface area contributed by atoms with Crippen molar-refractivity contribution in [2.24, 2.45) is 0 Å². The average Bonchev–Trinajstić information content (AvgIpc) is 3.72. The van der Waals surface area contributed by atoms with Crippen molar-refractivity contribution in [1.29, 1.82) is 0 Å². The van der Waals surface area contributed by atoms with E-state index in [-0.39, 0.29) is 23.6 Å². The number of nitrogens with zero attached hydrogens (tertiary/aromatic N) is 2. The zero-order valence-corrected chi connectivity index (χ0v) is 22.1. The first kappa shape index (κ1) is 24.9. The van der Waals surface area contributed by atoms with Crippen molar-refractivity contribution >= 4 is 39.0 Å². The maximum atomic E-state index is 13.2. The third kappa shape index (κ3) is 5.28. The Hall–Kier alpha value is -4.43. The van der Waals surface area contributed by atoms with Crippen LogP contribution < -0.4 is 10.6 Å². The Balaban J connectivity index is 1.23. The molecule has 0 bridgehead atoms. The minimum Gasteiger partial charge on any atom is -0.507 e. The lowest BCUT2D eigenvalue weighted by Crippen LogP contribution is -2.30. The lowest BCUT2D eigenvalue weighted by Gasteiger charge is -2.12. The molecule has 0 unspecified atom stereocenters. The summed E-state index contributed by atoms with van der Waals surface area (Å²) in [5.74, 6) is -0.00145. The van der Waals surface area contributed by atoms with E-state index < -0.39 is 0 Å². The summed E-state index contributed by atoms with van der Waals surface area (Å²) in [5.41, 5.74) is 3.37. The van der Waals surface area contributed by atoms with E-state index >= 15 is 0 Å². The molecule has 3 N–H and O–H groups in total. The molecular weight excluding hydrogens is 508 g/mol. The molecule has 0 spiro atoms. The SMILES string of the molecule is O=C(Nc1ccc(-c2cc(C3CCCC3)n(C(=O)NCc3ccccc3)n2)c(O)c1)c1cc2ccccc2s1. The van der Waals surface area contributed by atoms with E-state index in [1.807, 2.05) is 66.7 Å². The number of nitrogens with one attached hydrogen (secondary N) is 2. The average molecular weight is 537 g/mol. The van der Waals surface area contributed by atoms with E-state index in [1.54, 1.807) is 12.1 Å². The van der Waals surface area contributed by atoms with Gasteiger partial charge in [-0.1, -0.05) is 61.4 Å². The van der Waals surface area contributed by atoms with Gasteiger partial charge in [-0.25, -0.2) is 4.79 Å². The fourth-order valence-electron chi connectivity index (χ4n) is 5.16. The fourth-order valence-corrected chi connectivity index (χ4v) is 6.12. The molecule has 2 amide bonds. The van der Waals surface area contributed by atoms with Gasteiger partial charge in [0.15, 0.2) is 0 Å². The predicted octanol–water partition coefficient (Wildman–Crippen LogP) is 7.14. The standard InChI is InChI=1S/C31H28N4O3S/c36-27-17-23(33-30(37)29-16-22-12-6-7-13-28(22)39-29)14-15-24(27)25-18-26(21-10-4-5-11-21)35(34-25)31(38)32-19-20-8-2-1-3-9-20/h1-3,6-9,12-18,21,36H,4-5,10-11,19H2,(H,32,38)(H,33,37). The van der Waals surface area contributed by atoms with Crippen molar-refractivity contribution in [3.8, 4) is 17.0 Å². The first-order valence-corrected chi connectivity index (χ1v) is 13.9. The molecule has 5 aromatic rings. The fraction of sp³-hybridized carbons (Fsp3) is 0.194.